The van der Waals surface area contributed by atoms with Gasteiger partial charge in [0.15, 0.2) is 11.5 Å². The Kier molecular flexibility index (Phi) is 6.05. The molecule has 164 valence electrons. The van der Waals surface area contributed by atoms with E-state index >= 15 is 0 Å². The predicted octanol–water partition coefficient (Wildman–Crippen LogP) is 4.91. The molecule has 1 aliphatic heterocycles. The summed E-state index contributed by atoms with van der Waals surface area (Å²) >= 11 is 0. The number of aryl methyl sites for hydroxylation is 1. The van der Waals surface area contributed by atoms with Crippen LogP contribution < -0.4 is 19.8 Å². The average molecular weight is 445 g/mol. The van der Waals surface area contributed by atoms with Crippen LogP contribution in [0.1, 0.15) is 30.8 Å². The summed E-state index contributed by atoms with van der Waals surface area (Å²) < 4.78 is 41.6. The molecule has 31 heavy (non-hydrogen) atoms. The molecule has 1 atom stereocenters. The normalized spacial score (nSPS) is 14.0. The summed E-state index contributed by atoms with van der Waals surface area (Å²) in [5, 5.41) is 0.677. The van der Waals surface area contributed by atoms with Gasteiger partial charge in [-0.15, -0.1) is 0 Å². The molecule has 0 bridgehead atoms. The second kappa shape index (κ2) is 8.75. The number of fused-ring (bicyclic) bond motifs is 2. The van der Waals surface area contributed by atoms with Crippen LogP contribution in [-0.2, 0) is 13.6 Å². The third kappa shape index (κ3) is 4.32. The predicted molar refractivity (Wildman–Crippen MR) is 116 cm³/mol. The Morgan fingerprint density at radius 2 is 1.68 bits per heavy atom. The highest BCUT2D eigenvalue weighted by Crippen LogP contribution is 2.61. The lowest BCUT2D eigenvalue weighted by Crippen LogP contribution is -2.22. The van der Waals surface area contributed by atoms with E-state index in [0.29, 0.717) is 28.2 Å². The van der Waals surface area contributed by atoms with Gasteiger partial charge in [-0.3, -0.25) is 9.36 Å². The maximum atomic E-state index is 13.7. The number of rotatable bonds is 8. The lowest BCUT2D eigenvalue weighted by atomic mass is 10.1. The molecule has 0 aliphatic carbocycles. The van der Waals surface area contributed by atoms with Gasteiger partial charge in [-0.05, 0) is 45.0 Å². The number of benzene rings is 2. The van der Waals surface area contributed by atoms with Crippen molar-refractivity contribution < 1.29 is 27.8 Å². The first-order valence-electron chi connectivity index (χ1n) is 10.0. The molecule has 0 unspecified atom stereocenters. The molecule has 0 amide bonds. The summed E-state index contributed by atoms with van der Waals surface area (Å²) in [5.74, 6) is 0.311. The fourth-order valence-electron chi connectivity index (χ4n) is 3.37. The number of hydrogen-bond donors (Lipinski definition) is 1. The summed E-state index contributed by atoms with van der Waals surface area (Å²) in [6.45, 7) is 5.75. The van der Waals surface area contributed by atoms with E-state index in [0.717, 1.165) is 5.56 Å². The molecule has 2 aromatic carbocycles. The second-order valence-corrected chi connectivity index (χ2v) is 9.07. The molecule has 1 N–H and O–H groups in total. The molecule has 0 saturated heterocycles. The number of nitrogens with one attached hydrogen (secondary N) is 1. The maximum Gasteiger partial charge on any atom is 0.375 e. The number of H-pyrrole nitrogens is 1. The van der Waals surface area contributed by atoms with E-state index in [9.17, 15) is 9.36 Å². The molecule has 4 rings (SSSR count). The van der Waals surface area contributed by atoms with Gasteiger partial charge in [0.2, 0.25) is 12.6 Å². The van der Waals surface area contributed by atoms with Crippen molar-refractivity contribution in [1.82, 2.24) is 4.98 Å². The molecule has 8 nitrogen and oxygen atoms in total. The van der Waals surface area contributed by atoms with E-state index in [2.05, 4.69) is 4.98 Å². The fraction of sp³-hybridized carbons (Fsp3) is 0.318. The topological polar surface area (TPSA) is 96.1 Å². The monoisotopic (exact) mass is 445 g/mol. The van der Waals surface area contributed by atoms with Crippen LogP contribution in [-0.4, -0.2) is 25.0 Å². The van der Waals surface area contributed by atoms with Crippen molar-refractivity contribution in [3.05, 3.63) is 63.9 Å². The molecule has 0 saturated carbocycles. The fourth-order valence-corrected chi connectivity index (χ4v) is 5.22. The highest BCUT2D eigenvalue weighted by Gasteiger charge is 2.41. The van der Waals surface area contributed by atoms with Crippen LogP contribution in [0.5, 0.6) is 17.2 Å². The molecular formula is C22H24NO7P. The number of aromatic nitrogens is 1. The van der Waals surface area contributed by atoms with Crippen molar-refractivity contribution in [3.63, 3.8) is 0 Å². The number of aromatic amines is 1. The van der Waals surface area contributed by atoms with E-state index in [1.54, 1.807) is 44.2 Å². The SMILES string of the molecule is CCOP(=O)(OCC)[C@H](Oc1ccc(C)cc1)c1cc2cc3c(cc2[nH]c1=O)OCO3. The lowest BCUT2D eigenvalue weighted by molar-refractivity contribution is 0.161. The van der Waals surface area contributed by atoms with Crippen molar-refractivity contribution in [2.45, 2.75) is 26.6 Å². The van der Waals surface area contributed by atoms with E-state index < -0.39 is 19.0 Å². The van der Waals surface area contributed by atoms with Gasteiger partial charge >= 0.3 is 7.60 Å². The summed E-state index contributed by atoms with van der Waals surface area (Å²) in [6, 6.07) is 12.3. The van der Waals surface area contributed by atoms with Gasteiger partial charge in [0.05, 0.1) is 24.3 Å². The molecule has 0 spiro atoms. The Bertz CT molecular complexity index is 1180. The molecule has 9 heteroatoms. The number of pyridine rings is 1. The van der Waals surface area contributed by atoms with Gasteiger partial charge in [0, 0.05) is 11.5 Å². The Balaban J connectivity index is 1.85. The first-order chi connectivity index (χ1) is 14.9. The van der Waals surface area contributed by atoms with Gasteiger partial charge < -0.3 is 28.2 Å². The molecule has 1 aliphatic rings. The van der Waals surface area contributed by atoms with Crippen LogP contribution in [0.4, 0.5) is 0 Å². The minimum absolute atomic E-state index is 0.117. The van der Waals surface area contributed by atoms with Crippen LogP contribution in [0, 0.1) is 6.92 Å². The third-order valence-electron chi connectivity index (χ3n) is 4.81. The lowest BCUT2D eigenvalue weighted by Gasteiger charge is -2.27. The van der Waals surface area contributed by atoms with Crippen LogP contribution >= 0.6 is 7.60 Å². The molecule has 3 aromatic rings. The summed E-state index contributed by atoms with van der Waals surface area (Å²) in [7, 11) is -3.85. The Morgan fingerprint density at radius 3 is 2.32 bits per heavy atom. The standard InChI is InChI=1S/C22H24NO7P/c1-4-28-31(25,29-5-2)22(30-16-8-6-14(3)7-9-16)17-10-15-11-19-20(27-13-26-19)12-18(15)23-21(17)24/h6-12,22H,4-5,13H2,1-3H3,(H,23,24)/t22-/m0/s1. The average Bonchev–Trinajstić information content (AvgIpc) is 3.19. The zero-order chi connectivity index (χ0) is 22.0. The van der Waals surface area contributed by atoms with Crippen molar-refractivity contribution in [2.75, 3.05) is 20.0 Å². The highest BCUT2D eigenvalue weighted by atomic mass is 31.2. The molecule has 0 radical (unpaired) electrons. The quantitative estimate of drug-likeness (QED) is 0.492. The number of hydrogen-bond acceptors (Lipinski definition) is 7. The van der Waals surface area contributed by atoms with E-state index in [4.69, 9.17) is 23.3 Å². The van der Waals surface area contributed by atoms with Crippen LogP contribution in [0.3, 0.4) is 0 Å². The van der Waals surface area contributed by atoms with Crippen LogP contribution in [0.25, 0.3) is 10.9 Å². The van der Waals surface area contributed by atoms with E-state index in [1.807, 2.05) is 19.1 Å². The van der Waals surface area contributed by atoms with Gasteiger partial charge in [0.1, 0.15) is 5.75 Å². The zero-order valence-corrected chi connectivity index (χ0v) is 18.4. The zero-order valence-electron chi connectivity index (χ0n) is 17.5. The highest BCUT2D eigenvalue weighted by molar-refractivity contribution is 7.54. The van der Waals surface area contributed by atoms with Gasteiger partial charge in [-0.1, -0.05) is 17.7 Å². The van der Waals surface area contributed by atoms with Gasteiger partial charge in [-0.25, -0.2) is 0 Å². The molecular weight excluding hydrogens is 421 g/mol. The number of ether oxygens (including phenoxy) is 3. The van der Waals surface area contributed by atoms with Crippen molar-refractivity contribution in [1.29, 1.82) is 0 Å². The Labute approximate surface area is 179 Å². The minimum Gasteiger partial charge on any atom is -0.473 e. The first kappa shape index (κ1) is 21.4. The Hall–Kier alpha value is -2.80. The first-order valence-corrected chi connectivity index (χ1v) is 11.6. The molecule has 2 heterocycles. The third-order valence-corrected chi connectivity index (χ3v) is 7.00. The van der Waals surface area contributed by atoms with Crippen molar-refractivity contribution in [2.24, 2.45) is 0 Å². The van der Waals surface area contributed by atoms with Crippen LogP contribution in [0.2, 0.25) is 0 Å². The maximum absolute atomic E-state index is 13.7. The van der Waals surface area contributed by atoms with Crippen molar-refractivity contribution in [3.8, 4) is 17.2 Å². The van der Waals surface area contributed by atoms with Gasteiger partial charge in [-0.2, -0.15) is 0 Å². The minimum atomic E-state index is -3.85. The van der Waals surface area contributed by atoms with Gasteiger partial charge in [0.25, 0.3) is 5.56 Å². The Morgan fingerprint density at radius 1 is 1.03 bits per heavy atom. The summed E-state index contributed by atoms with van der Waals surface area (Å²) in [6.07, 6.45) is 0. The smallest absolute Gasteiger partial charge is 0.375 e. The van der Waals surface area contributed by atoms with E-state index in [1.165, 1.54) is 0 Å². The second-order valence-electron chi connectivity index (χ2n) is 7.01. The largest absolute Gasteiger partial charge is 0.473 e. The van der Waals surface area contributed by atoms with Crippen LogP contribution in [0.15, 0.2) is 47.3 Å². The van der Waals surface area contributed by atoms with E-state index in [-0.39, 0.29) is 25.6 Å². The summed E-state index contributed by atoms with van der Waals surface area (Å²) in [4.78, 5) is 15.9. The molecule has 0 fully saturated rings. The summed E-state index contributed by atoms with van der Waals surface area (Å²) in [5.41, 5.74) is 1.29. The van der Waals surface area contributed by atoms with Crippen molar-refractivity contribution >= 4 is 18.5 Å². The molecule has 1 aromatic heterocycles.